The molecule has 1 saturated carbocycles. The molecule has 2 aliphatic rings. The molecule has 1 aliphatic carbocycles. The van der Waals surface area contributed by atoms with Crippen LogP contribution in [0.5, 0.6) is 0 Å². The zero-order chi connectivity index (χ0) is 10.2. The molecule has 0 radical (unpaired) electrons. The number of hydrogen-bond donors (Lipinski definition) is 0. The van der Waals surface area contributed by atoms with Gasteiger partial charge in [-0.15, -0.1) is 0 Å². The lowest BCUT2D eigenvalue weighted by Gasteiger charge is -2.42. The van der Waals surface area contributed by atoms with Gasteiger partial charge in [0.2, 0.25) is 0 Å². The highest BCUT2D eigenvalue weighted by atomic mass is 79.9. The first-order valence-electron chi connectivity index (χ1n) is 5.85. The number of rotatable bonds is 2. The molecule has 0 bridgehead atoms. The topological polar surface area (TPSA) is 9.23 Å². The molecule has 2 rings (SSSR count). The Labute approximate surface area is 95.7 Å². The fraction of sp³-hybridized carbons (Fsp3) is 1.00. The molecule has 14 heavy (non-hydrogen) atoms. The van der Waals surface area contributed by atoms with Gasteiger partial charge in [-0.2, -0.15) is 0 Å². The van der Waals surface area contributed by atoms with Gasteiger partial charge < -0.3 is 4.74 Å². The fourth-order valence-corrected chi connectivity index (χ4v) is 4.00. The van der Waals surface area contributed by atoms with Gasteiger partial charge in [-0.25, -0.2) is 0 Å². The summed E-state index contributed by atoms with van der Waals surface area (Å²) in [5.41, 5.74) is 0.479. The van der Waals surface area contributed by atoms with E-state index in [0.29, 0.717) is 11.5 Å². The molecule has 0 aromatic rings. The highest BCUT2D eigenvalue weighted by Gasteiger charge is 2.47. The van der Waals surface area contributed by atoms with E-state index in [2.05, 4.69) is 29.8 Å². The molecule has 1 heterocycles. The SMILES string of the molecule is CC(C)[C@@H]1CC[C@@H]2OCC[C@]2(CBr)C1. The quantitative estimate of drug-likeness (QED) is 0.690. The van der Waals surface area contributed by atoms with Gasteiger partial charge >= 0.3 is 0 Å². The Morgan fingerprint density at radius 2 is 2.21 bits per heavy atom. The molecule has 2 heteroatoms. The number of fused-ring (bicyclic) bond motifs is 1. The molecule has 0 unspecified atom stereocenters. The largest absolute Gasteiger partial charge is 0.378 e. The fourth-order valence-electron chi connectivity index (χ4n) is 3.13. The molecule has 1 nitrogen and oxygen atoms in total. The first kappa shape index (κ1) is 10.9. The number of alkyl halides is 1. The van der Waals surface area contributed by atoms with Crippen molar-refractivity contribution in [2.75, 3.05) is 11.9 Å². The van der Waals surface area contributed by atoms with Crippen molar-refractivity contribution in [1.29, 1.82) is 0 Å². The van der Waals surface area contributed by atoms with Crippen LogP contribution in [0.15, 0.2) is 0 Å². The lowest BCUT2D eigenvalue weighted by atomic mass is 9.66. The van der Waals surface area contributed by atoms with Gasteiger partial charge in [-0.3, -0.25) is 0 Å². The first-order chi connectivity index (χ1) is 6.68. The predicted molar refractivity (Wildman–Crippen MR) is 62.8 cm³/mol. The maximum atomic E-state index is 5.85. The lowest BCUT2D eigenvalue weighted by molar-refractivity contribution is 0.00265. The summed E-state index contributed by atoms with van der Waals surface area (Å²) in [6.45, 7) is 5.71. The summed E-state index contributed by atoms with van der Waals surface area (Å²) in [5.74, 6) is 1.76. The van der Waals surface area contributed by atoms with E-state index in [0.717, 1.165) is 23.8 Å². The summed E-state index contributed by atoms with van der Waals surface area (Å²) >= 11 is 3.71. The Bertz CT molecular complexity index is 204. The third kappa shape index (κ3) is 1.76. The van der Waals surface area contributed by atoms with Gasteiger partial charge in [0, 0.05) is 17.4 Å². The Morgan fingerprint density at radius 1 is 1.43 bits per heavy atom. The molecular formula is C12H21BrO. The van der Waals surface area contributed by atoms with Crippen LogP contribution in [-0.2, 0) is 4.74 Å². The van der Waals surface area contributed by atoms with Crippen LogP contribution in [0, 0.1) is 17.3 Å². The van der Waals surface area contributed by atoms with Crippen molar-refractivity contribution in [2.24, 2.45) is 17.3 Å². The second-order valence-corrected chi connectivity index (χ2v) is 5.95. The summed E-state index contributed by atoms with van der Waals surface area (Å²) in [7, 11) is 0. The Balaban J connectivity index is 2.09. The van der Waals surface area contributed by atoms with E-state index < -0.39 is 0 Å². The molecule has 0 aromatic carbocycles. The smallest absolute Gasteiger partial charge is 0.0640 e. The maximum Gasteiger partial charge on any atom is 0.0640 e. The second kappa shape index (κ2) is 4.13. The Hall–Kier alpha value is 0.440. The standard InChI is InChI=1S/C12H21BrO/c1-9(2)10-3-4-11-12(7-10,8-13)5-6-14-11/h9-11H,3-8H2,1-2H3/t10-,11+,12-/m1/s1. The van der Waals surface area contributed by atoms with E-state index in [4.69, 9.17) is 4.74 Å². The Morgan fingerprint density at radius 3 is 2.86 bits per heavy atom. The first-order valence-corrected chi connectivity index (χ1v) is 6.98. The zero-order valence-corrected chi connectivity index (χ0v) is 10.8. The minimum atomic E-state index is 0.479. The van der Waals surface area contributed by atoms with E-state index in [1.54, 1.807) is 0 Å². The summed E-state index contributed by atoms with van der Waals surface area (Å²) in [5, 5.41) is 1.13. The minimum Gasteiger partial charge on any atom is -0.378 e. The van der Waals surface area contributed by atoms with Crippen LogP contribution in [0.1, 0.15) is 39.5 Å². The lowest BCUT2D eigenvalue weighted by Crippen LogP contribution is -2.40. The van der Waals surface area contributed by atoms with Crippen LogP contribution in [-0.4, -0.2) is 18.0 Å². The normalized spacial score (nSPS) is 42.9. The van der Waals surface area contributed by atoms with Crippen LogP contribution in [0.3, 0.4) is 0 Å². The maximum absolute atomic E-state index is 5.85. The Kier molecular flexibility index (Phi) is 3.23. The summed E-state index contributed by atoms with van der Waals surface area (Å²) in [6, 6.07) is 0. The van der Waals surface area contributed by atoms with Crippen molar-refractivity contribution < 1.29 is 4.74 Å². The van der Waals surface area contributed by atoms with Gasteiger partial charge in [-0.05, 0) is 37.5 Å². The zero-order valence-electron chi connectivity index (χ0n) is 9.26. The average Bonchev–Trinajstić information content (AvgIpc) is 2.60. The highest BCUT2D eigenvalue weighted by molar-refractivity contribution is 9.09. The monoisotopic (exact) mass is 260 g/mol. The van der Waals surface area contributed by atoms with Crippen LogP contribution < -0.4 is 0 Å². The number of halogens is 1. The molecule has 0 amide bonds. The van der Waals surface area contributed by atoms with Crippen molar-refractivity contribution >= 4 is 15.9 Å². The third-order valence-corrected chi connectivity index (χ3v) is 5.40. The van der Waals surface area contributed by atoms with Crippen LogP contribution in [0.2, 0.25) is 0 Å². The van der Waals surface area contributed by atoms with Gasteiger partial charge in [0.25, 0.3) is 0 Å². The van der Waals surface area contributed by atoms with Crippen LogP contribution >= 0.6 is 15.9 Å². The van der Waals surface area contributed by atoms with E-state index in [9.17, 15) is 0 Å². The molecule has 3 atom stereocenters. The second-order valence-electron chi connectivity index (χ2n) is 5.39. The summed E-state index contributed by atoms with van der Waals surface area (Å²) in [6.07, 6.45) is 5.86. The third-order valence-electron chi connectivity index (χ3n) is 4.28. The van der Waals surface area contributed by atoms with E-state index in [1.807, 2.05) is 0 Å². The molecule has 0 N–H and O–H groups in total. The summed E-state index contributed by atoms with van der Waals surface area (Å²) < 4.78 is 5.85. The average molecular weight is 261 g/mol. The van der Waals surface area contributed by atoms with Crippen LogP contribution in [0.25, 0.3) is 0 Å². The highest BCUT2D eigenvalue weighted by Crippen LogP contribution is 2.50. The summed E-state index contributed by atoms with van der Waals surface area (Å²) in [4.78, 5) is 0. The molecule has 1 aliphatic heterocycles. The minimum absolute atomic E-state index is 0.479. The number of ether oxygens (including phenoxy) is 1. The van der Waals surface area contributed by atoms with E-state index >= 15 is 0 Å². The van der Waals surface area contributed by atoms with Crippen LogP contribution in [0.4, 0.5) is 0 Å². The predicted octanol–water partition coefficient (Wildman–Crippen LogP) is 3.61. The van der Waals surface area contributed by atoms with Crippen molar-refractivity contribution in [1.82, 2.24) is 0 Å². The van der Waals surface area contributed by atoms with Gasteiger partial charge in [-0.1, -0.05) is 29.8 Å². The number of hydrogen-bond acceptors (Lipinski definition) is 1. The van der Waals surface area contributed by atoms with Crippen molar-refractivity contribution in [3.8, 4) is 0 Å². The van der Waals surface area contributed by atoms with Crippen molar-refractivity contribution in [3.05, 3.63) is 0 Å². The molecule has 0 spiro atoms. The van der Waals surface area contributed by atoms with Crippen molar-refractivity contribution in [2.45, 2.75) is 45.6 Å². The molecule has 0 aromatic heterocycles. The van der Waals surface area contributed by atoms with Gasteiger partial charge in [0.05, 0.1) is 6.10 Å². The molecule has 1 saturated heterocycles. The van der Waals surface area contributed by atoms with Gasteiger partial charge in [0.15, 0.2) is 0 Å². The van der Waals surface area contributed by atoms with E-state index in [-0.39, 0.29) is 0 Å². The molecular weight excluding hydrogens is 240 g/mol. The van der Waals surface area contributed by atoms with Crippen molar-refractivity contribution in [3.63, 3.8) is 0 Å². The molecule has 2 fully saturated rings. The van der Waals surface area contributed by atoms with Gasteiger partial charge in [0.1, 0.15) is 0 Å². The van der Waals surface area contributed by atoms with E-state index in [1.165, 1.54) is 25.7 Å². The molecule has 82 valence electrons.